The van der Waals surface area contributed by atoms with Crippen LogP contribution in [0.1, 0.15) is 0 Å². The zero-order valence-electron chi connectivity index (χ0n) is 12.8. The van der Waals surface area contributed by atoms with Crippen molar-refractivity contribution < 1.29 is 54.7 Å². The molecule has 2 rings (SSSR count). The van der Waals surface area contributed by atoms with E-state index in [0.29, 0.717) is 0 Å². The molecule has 142 valence electrons. The van der Waals surface area contributed by atoms with Gasteiger partial charge in [0, 0.05) is 0 Å². The third-order valence-electron chi connectivity index (χ3n) is 3.91. The third-order valence-corrected chi connectivity index (χ3v) is 3.91. The predicted octanol–water partition coefficient (Wildman–Crippen LogP) is -4.74. The van der Waals surface area contributed by atoms with E-state index < -0.39 is 68.5 Å². The molecule has 0 bridgehead atoms. The third kappa shape index (κ3) is 4.39. The molecule has 0 spiro atoms. The second kappa shape index (κ2) is 8.78. The lowest BCUT2D eigenvalue weighted by molar-refractivity contribution is -0.210. The van der Waals surface area contributed by atoms with Gasteiger partial charge >= 0.3 is 0 Å². The van der Waals surface area contributed by atoms with Gasteiger partial charge in [0.05, 0.1) is 26.4 Å². The number of ether oxygens (including phenoxy) is 4. The van der Waals surface area contributed by atoms with Crippen molar-refractivity contribution in [2.75, 3.05) is 26.4 Å². The van der Waals surface area contributed by atoms with Crippen molar-refractivity contribution in [3.8, 4) is 0 Å². The largest absolute Gasteiger partial charge is 0.394 e. The summed E-state index contributed by atoms with van der Waals surface area (Å²) >= 11 is 0. The average Bonchev–Trinajstić information content (AvgIpc) is 3.01. The number of aliphatic hydroxyl groups excluding tert-OH is 7. The number of hydrogen-bond acceptors (Lipinski definition) is 11. The maximum atomic E-state index is 9.90. The normalized spacial score (nSPS) is 44.1. The van der Waals surface area contributed by atoms with Crippen molar-refractivity contribution in [1.82, 2.24) is 0 Å². The highest BCUT2D eigenvalue weighted by atomic mass is 16.7. The summed E-state index contributed by atoms with van der Waals surface area (Å²) in [7, 11) is 0. The van der Waals surface area contributed by atoms with Gasteiger partial charge in [-0.15, -0.1) is 0 Å². The van der Waals surface area contributed by atoms with Crippen molar-refractivity contribution in [2.45, 2.75) is 55.3 Å². The Hall–Kier alpha value is -0.440. The lowest BCUT2D eigenvalue weighted by atomic mass is 10.1. The molecular weight excluding hydrogens is 332 g/mol. The Morgan fingerprint density at radius 3 is 1.88 bits per heavy atom. The molecule has 11 heteroatoms. The smallest absolute Gasteiger partial charge is 0.186 e. The minimum absolute atomic E-state index is 0.284. The maximum Gasteiger partial charge on any atom is 0.186 e. The lowest BCUT2D eigenvalue weighted by Crippen LogP contribution is -2.38. The van der Waals surface area contributed by atoms with Gasteiger partial charge in [0.25, 0.3) is 0 Å². The first kappa shape index (κ1) is 19.9. The number of hydrogen-bond donors (Lipinski definition) is 7. The van der Waals surface area contributed by atoms with E-state index in [0.717, 1.165) is 0 Å². The van der Waals surface area contributed by atoms with Gasteiger partial charge < -0.3 is 54.7 Å². The Balaban J connectivity index is 1.80. The Morgan fingerprint density at radius 1 is 0.792 bits per heavy atom. The molecular formula is C13H24O11. The molecule has 0 saturated carbocycles. The molecule has 24 heavy (non-hydrogen) atoms. The fourth-order valence-electron chi connectivity index (χ4n) is 2.44. The van der Waals surface area contributed by atoms with Crippen LogP contribution in [0, 0.1) is 0 Å². The van der Waals surface area contributed by atoms with Crippen molar-refractivity contribution in [3.05, 3.63) is 0 Å². The highest BCUT2D eigenvalue weighted by molar-refractivity contribution is 4.89. The van der Waals surface area contributed by atoms with E-state index in [2.05, 4.69) is 0 Å². The van der Waals surface area contributed by atoms with Gasteiger partial charge in [0.15, 0.2) is 12.6 Å². The van der Waals surface area contributed by atoms with Crippen LogP contribution in [0.15, 0.2) is 0 Å². The van der Waals surface area contributed by atoms with Crippen molar-refractivity contribution in [1.29, 1.82) is 0 Å². The topological polar surface area (TPSA) is 179 Å². The van der Waals surface area contributed by atoms with E-state index in [1.165, 1.54) is 0 Å². The fraction of sp³-hybridized carbons (Fsp3) is 1.00. The summed E-state index contributed by atoms with van der Waals surface area (Å²) in [6, 6.07) is 0. The van der Waals surface area contributed by atoms with Crippen molar-refractivity contribution in [3.63, 3.8) is 0 Å². The Morgan fingerprint density at radius 2 is 1.33 bits per heavy atom. The van der Waals surface area contributed by atoms with Crippen LogP contribution in [0.5, 0.6) is 0 Å². The first-order valence-corrected chi connectivity index (χ1v) is 7.55. The van der Waals surface area contributed by atoms with E-state index >= 15 is 0 Å². The highest BCUT2D eigenvalue weighted by Gasteiger charge is 2.46. The molecule has 1 unspecified atom stereocenters. The summed E-state index contributed by atoms with van der Waals surface area (Å²) in [5, 5.41) is 65.9. The predicted molar refractivity (Wildman–Crippen MR) is 73.4 cm³/mol. The number of aliphatic hydroxyl groups is 7. The quantitative estimate of drug-likeness (QED) is 0.222. The highest BCUT2D eigenvalue weighted by Crippen LogP contribution is 2.26. The summed E-state index contributed by atoms with van der Waals surface area (Å²) in [4.78, 5) is 0. The van der Waals surface area contributed by atoms with E-state index in [-0.39, 0.29) is 13.2 Å². The van der Waals surface area contributed by atoms with Gasteiger partial charge in [0.2, 0.25) is 0 Å². The second-order valence-corrected chi connectivity index (χ2v) is 5.73. The van der Waals surface area contributed by atoms with Crippen LogP contribution in [0.25, 0.3) is 0 Å². The minimum Gasteiger partial charge on any atom is -0.394 e. The van der Waals surface area contributed by atoms with Crippen molar-refractivity contribution >= 4 is 0 Å². The first-order valence-electron chi connectivity index (χ1n) is 7.55. The molecule has 0 aliphatic carbocycles. The first-order chi connectivity index (χ1) is 11.4. The van der Waals surface area contributed by atoms with E-state index in [4.69, 9.17) is 29.2 Å². The molecule has 0 radical (unpaired) electrons. The molecule has 0 aromatic heterocycles. The van der Waals surface area contributed by atoms with Gasteiger partial charge in [-0.05, 0) is 0 Å². The van der Waals surface area contributed by atoms with Crippen LogP contribution in [0.4, 0.5) is 0 Å². The summed E-state index contributed by atoms with van der Waals surface area (Å²) < 4.78 is 20.7. The van der Waals surface area contributed by atoms with E-state index in [1.807, 2.05) is 0 Å². The standard InChI is InChI=1S/C13H24O11/c14-1-5(16)3-21-12-11(20)9(18)7(24-12)4-22-13-10(19)8(17)6(2-15)23-13/h5-20H,1-4H2/t5?,6-,7-,8-,9-,10+,11+,12+,13+/m0/s1. The molecule has 11 nitrogen and oxygen atoms in total. The second-order valence-electron chi connectivity index (χ2n) is 5.73. The van der Waals surface area contributed by atoms with Gasteiger partial charge in [-0.25, -0.2) is 0 Å². The van der Waals surface area contributed by atoms with Crippen LogP contribution in [0.3, 0.4) is 0 Å². The Bertz CT molecular complexity index is 383. The Labute approximate surface area is 137 Å². The van der Waals surface area contributed by atoms with Gasteiger partial charge in [-0.1, -0.05) is 0 Å². The molecule has 2 aliphatic heterocycles. The van der Waals surface area contributed by atoms with Crippen LogP contribution in [0.2, 0.25) is 0 Å². The molecule has 7 N–H and O–H groups in total. The number of rotatable bonds is 8. The zero-order valence-corrected chi connectivity index (χ0v) is 12.8. The van der Waals surface area contributed by atoms with Crippen LogP contribution >= 0.6 is 0 Å². The minimum atomic E-state index is -1.39. The fourth-order valence-corrected chi connectivity index (χ4v) is 2.44. The van der Waals surface area contributed by atoms with Crippen LogP contribution in [-0.4, -0.2) is 117 Å². The molecule has 2 heterocycles. The molecule has 9 atom stereocenters. The van der Waals surface area contributed by atoms with Crippen LogP contribution < -0.4 is 0 Å². The molecule has 2 aliphatic rings. The lowest BCUT2D eigenvalue weighted by Gasteiger charge is -2.20. The van der Waals surface area contributed by atoms with Crippen molar-refractivity contribution in [2.24, 2.45) is 0 Å². The van der Waals surface area contributed by atoms with Gasteiger partial charge in [-0.2, -0.15) is 0 Å². The molecule has 0 aromatic carbocycles. The summed E-state index contributed by atoms with van der Waals surface area (Å²) in [5.41, 5.74) is 0. The van der Waals surface area contributed by atoms with Gasteiger partial charge in [-0.3, -0.25) is 0 Å². The average molecular weight is 356 g/mol. The molecule has 0 amide bonds. The van der Waals surface area contributed by atoms with E-state index in [1.54, 1.807) is 0 Å². The van der Waals surface area contributed by atoms with Crippen LogP contribution in [-0.2, 0) is 18.9 Å². The van der Waals surface area contributed by atoms with Gasteiger partial charge in [0.1, 0.15) is 42.7 Å². The molecule has 0 aromatic rings. The Kier molecular flexibility index (Phi) is 7.27. The maximum absolute atomic E-state index is 9.90. The molecule has 2 saturated heterocycles. The summed E-state index contributed by atoms with van der Waals surface area (Å²) in [6.45, 7) is -1.60. The summed E-state index contributed by atoms with van der Waals surface area (Å²) in [6.07, 6.45) is -11.0. The SMILES string of the molecule is OCC(O)CO[C@@H]1O[C@@H](CO[C@@H]2O[C@@H](CO)[C@H](O)[C@H]2O)[C@H](O)[C@H]1O. The zero-order chi connectivity index (χ0) is 17.9. The van der Waals surface area contributed by atoms with E-state index in [9.17, 15) is 25.5 Å². The summed E-state index contributed by atoms with van der Waals surface area (Å²) in [5.74, 6) is 0. The molecule has 2 fully saturated rings. The monoisotopic (exact) mass is 356 g/mol.